The molecule has 0 unspecified atom stereocenters. The lowest BCUT2D eigenvalue weighted by atomic mass is 10.1. The number of carbonyl (C=O) groups is 1. The van der Waals surface area contributed by atoms with Gasteiger partial charge in [-0.05, 0) is 17.0 Å². The van der Waals surface area contributed by atoms with Crippen LogP contribution in [0.5, 0.6) is 0 Å². The first-order valence-corrected chi connectivity index (χ1v) is 6.54. The third-order valence-electron chi connectivity index (χ3n) is 2.12. The van der Waals surface area contributed by atoms with Crippen LogP contribution in [0.2, 0.25) is 0 Å². The fraction of sp³-hybridized carbons (Fsp3) is 0.0833. The van der Waals surface area contributed by atoms with Gasteiger partial charge in [0.2, 0.25) is 5.78 Å². The molecule has 3 heteroatoms. The predicted molar refractivity (Wildman–Crippen MR) is 66.8 cm³/mol. The van der Waals surface area contributed by atoms with Crippen molar-refractivity contribution in [2.45, 2.75) is 5.33 Å². The Bertz CT molecular complexity index is 445. The number of ketones is 1. The van der Waals surface area contributed by atoms with Crippen molar-refractivity contribution >= 4 is 33.0 Å². The van der Waals surface area contributed by atoms with Gasteiger partial charge in [0, 0.05) is 10.9 Å². The minimum absolute atomic E-state index is 0.103. The molecule has 0 saturated heterocycles. The average molecular weight is 281 g/mol. The normalized spacial score (nSPS) is 10.2. The monoisotopic (exact) mass is 280 g/mol. The summed E-state index contributed by atoms with van der Waals surface area (Å²) in [6, 6.07) is 11.4. The van der Waals surface area contributed by atoms with Crippen LogP contribution in [0.3, 0.4) is 0 Å². The van der Waals surface area contributed by atoms with Crippen molar-refractivity contribution in [3.05, 3.63) is 57.8 Å². The molecule has 0 radical (unpaired) electrons. The van der Waals surface area contributed by atoms with Crippen LogP contribution < -0.4 is 0 Å². The lowest BCUT2D eigenvalue weighted by molar-refractivity contribution is 0.104. The zero-order valence-electron chi connectivity index (χ0n) is 7.94. The number of hydrogen-bond acceptors (Lipinski definition) is 2. The molecule has 1 heterocycles. The van der Waals surface area contributed by atoms with Crippen molar-refractivity contribution in [3.8, 4) is 0 Å². The van der Waals surface area contributed by atoms with Crippen molar-refractivity contribution in [2.24, 2.45) is 0 Å². The molecule has 0 bridgehead atoms. The zero-order chi connectivity index (χ0) is 10.7. The zero-order valence-corrected chi connectivity index (χ0v) is 10.3. The Morgan fingerprint density at radius 3 is 2.47 bits per heavy atom. The highest BCUT2D eigenvalue weighted by Gasteiger charge is 2.08. The van der Waals surface area contributed by atoms with Gasteiger partial charge in [-0.2, -0.15) is 0 Å². The summed E-state index contributed by atoms with van der Waals surface area (Å²) in [5, 5.41) is 2.74. The Morgan fingerprint density at radius 1 is 1.20 bits per heavy atom. The Hall–Kier alpha value is -0.930. The number of carbonyl (C=O) groups excluding carboxylic acids is 1. The standard InChI is InChI=1S/C12H9BrOS/c13-8-9-3-5-10(6-4-9)12(14)11-2-1-7-15-11/h1-7H,8H2. The van der Waals surface area contributed by atoms with Crippen molar-refractivity contribution < 1.29 is 4.79 Å². The maximum absolute atomic E-state index is 11.9. The largest absolute Gasteiger partial charge is 0.288 e. The van der Waals surface area contributed by atoms with Crippen LogP contribution in [0.4, 0.5) is 0 Å². The molecule has 0 fully saturated rings. The second-order valence-electron chi connectivity index (χ2n) is 3.14. The molecule has 0 saturated carbocycles. The first kappa shape index (κ1) is 10.6. The molecule has 2 aromatic rings. The fourth-order valence-electron chi connectivity index (χ4n) is 1.30. The van der Waals surface area contributed by atoms with Gasteiger partial charge < -0.3 is 0 Å². The minimum atomic E-state index is 0.103. The quantitative estimate of drug-likeness (QED) is 0.616. The Kier molecular flexibility index (Phi) is 3.34. The van der Waals surface area contributed by atoms with E-state index in [0.717, 1.165) is 15.8 Å². The second-order valence-corrected chi connectivity index (χ2v) is 4.65. The van der Waals surface area contributed by atoms with Crippen molar-refractivity contribution in [3.63, 3.8) is 0 Å². The molecule has 0 spiro atoms. The molecule has 15 heavy (non-hydrogen) atoms. The molecular formula is C12H9BrOS. The molecule has 0 amide bonds. The van der Waals surface area contributed by atoms with Gasteiger partial charge in [0.25, 0.3) is 0 Å². The van der Waals surface area contributed by atoms with Gasteiger partial charge in [0.1, 0.15) is 0 Å². The Balaban J connectivity index is 2.27. The van der Waals surface area contributed by atoms with Gasteiger partial charge in [-0.1, -0.05) is 46.3 Å². The van der Waals surface area contributed by atoms with E-state index in [1.807, 2.05) is 41.8 Å². The highest BCUT2D eigenvalue weighted by Crippen LogP contribution is 2.16. The second kappa shape index (κ2) is 4.73. The van der Waals surface area contributed by atoms with Crippen LogP contribution in [-0.4, -0.2) is 5.78 Å². The topological polar surface area (TPSA) is 17.1 Å². The highest BCUT2D eigenvalue weighted by atomic mass is 79.9. The SMILES string of the molecule is O=C(c1ccc(CBr)cc1)c1cccs1. The molecule has 1 aromatic heterocycles. The van der Waals surface area contributed by atoms with E-state index in [1.54, 1.807) is 0 Å². The van der Waals surface area contributed by atoms with E-state index < -0.39 is 0 Å². The minimum Gasteiger partial charge on any atom is -0.288 e. The van der Waals surface area contributed by atoms with Gasteiger partial charge in [-0.15, -0.1) is 11.3 Å². The molecule has 1 aromatic carbocycles. The van der Waals surface area contributed by atoms with Crippen molar-refractivity contribution in [2.75, 3.05) is 0 Å². The fourth-order valence-corrected chi connectivity index (χ4v) is 2.35. The summed E-state index contributed by atoms with van der Waals surface area (Å²) in [4.78, 5) is 12.7. The van der Waals surface area contributed by atoms with Gasteiger partial charge >= 0.3 is 0 Å². The number of hydrogen-bond donors (Lipinski definition) is 0. The summed E-state index contributed by atoms with van der Waals surface area (Å²) < 4.78 is 0. The third-order valence-corrected chi connectivity index (χ3v) is 3.63. The molecule has 0 N–H and O–H groups in total. The molecule has 0 aliphatic rings. The van der Waals surface area contributed by atoms with Crippen LogP contribution in [0.15, 0.2) is 41.8 Å². The first-order valence-electron chi connectivity index (χ1n) is 4.54. The number of halogens is 1. The van der Waals surface area contributed by atoms with E-state index in [0.29, 0.717) is 0 Å². The number of thiophene rings is 1. The molecule has 76 valence electrons. The number of alkyl halides is 1. The van der Waals surface area contributed by atoms with E-state index in [1.165, 1.54) is 16.9 Å². The Morgan fingerprint density at radius 2 is 1.93 bits per heavy atom. The molecule has 0 atom stereocenters. The smallest absolute Gasteiger partial charge is 0.202 e. The number of rotatable bonds is 3. The van der Waals surface area contributed by atoms with Gasteiger partial charge in [0.15, 0.2) is 0 Å². The maximum atomic E-state index is 11.9. The van der Waals surface area contributed by atoms with E-state index in [2.05, 4.69) is 15.9 Å². The summed E-state index contributed by atoms with van der Waals surface area (Å²) in [5.74, 6) is 0.103. The van der Waals surface area contributed by atoms with Crippen molar-refractivity contribution in [1.29, 1.82) is 0 Å². The van der Waals surface area contributed by atoms with Crippen LogP contribution >= 0.6 is 27.3 Å². The highest BCUT2D eigenvalue weighted by molar-refractivity contribution is 9.08. The molecule has 0 aliphatic heterocycles. The Labute approximate surface area is 101 Å². The molecular weight excluding hydrogens is 272 g/mol. The summed E-state index contributed by atoms with van der Waals surface area (Å²) in [6.45, 7) is 0. The van der Waals surface area contributed by atoms with E-state index in [-0.39, 0.29) is 5.78 Å². The average Bonchev–Trinajstić information content (AvgIpc) is 2.82. The van der Waals surface area contributed by atoms with Crippen LogP contribution in [-0.2, 0) is 5.33 Å². The summed E-state index contributed by atoms with van der Waals surface area (Å²) >= 11 is 4.85. The van der Waals surface area contributed by atoms with Gasteiger partial charge in [0.05, 0.1) is 4.88 Å². The van der Waals surface area contributed by atoms with Crippen molar-refractivity contribution in [1.82, 2.24) is 0 Å². The predicted octanol–water partition coefficient (Wildman–Crippen LogP) is 3.87. The maximum Gasteiger partial charge on any atom is 0.202 e. The van der Waals surface area contributed by atoms with Crippen LogP contribution in [0, 0.1) is 0 Å². The van der Waals surface area contributed by atoms with E-state index in [9.17, 15) is 4.79 Å². The molecule has 2 rings (SSSR count). The third kappa shape index (κ3) is 2.36. The van der Waals surface area contributed by atoms with Crippen LogP contribution in [0.1, 0.15) is 20.8 Å². The lowest BCUT2D eigenvalue weighted by Gasteiger charge is -1.99. The number of benzene rings is 1. The lowest BCUT2D eigenvalue weighted by Crippen LogP contribution is -1.98. The van der Waals surface area contributed by atoms with E-state index >= 15 is 0 Å². The van der Waals surface area contributed by atoms with Gasteiger partial charge in [-0.25, -0.2) is 0 Å². The molecule has 1 nitrogen and oxygen atoms in total. The summed E-state index contributed by atoms with van der Waals surface area (Å²) in [7, 11) is 0. The van der Waals surface area contributed by atoms with E-state index in [4.69, 9.17) is 0 Å². The molecule has 0 aliphatic carbocycles. The summed E-state index contributed by atoms with van der Waals surface area (Å²) in [5.41, 5.74) is 1.93. The van der Waals surface area contributed by atoms with Gasteiger partial charge in [-0.3, -0.25) is 4.79 Å². The summed E-state index contributed by atoms with van der Waals surface area (Å²) in [6.07, 6.45) is 0. The first-order chi connectivity index (χ1) is 7.31. The van der Waals surface area contributed by atoms with Crippen LogP contribution in [0.25, 0.3) is 0 Å².